The third-order valence-corrected chi connectivity index (χ3v) is 5.01. The Morgan fingerprint density at radius 2 is 1.68 bits per heavy atom. The Morgan fingerprint density at radius 1 is 1.04 bits per heavy atom. The van der Waals surface area contributed by atoms with Crippen LogP contribution in [-0.2, 0) is 14.4 Å². The van der Waals surface area contributed by atoms with Crippen molar-refractivity contribution >= 4 is 41.7 Å². The number of nitrogens with zero attached hydrogens (tertiary/aromatic N) is 1. The van der Waals surface area contributed by atoms with Crippen molar-refractivity contribution in [2.24, 2.45) is 11.8 Å². The van der Waals surface area contributed by atoms with Gasteiger partial charge in [-0.1, -0.05) is 35.9 Å². The molecule has 2 saturated heterocycles. The molecule has 0 aromatic heterocycles. The van der Waals surface area contributed by atoms with E-state index in [1.54, 1.807) is 30.5 Å². The summed E-state index contributed by atoms with van der Waals surface area (Å²) < 4.78 is 0. The first-order chi connectivity index (χ1) is 13.6. The number of anilines is 2. The number of imide groups is 1. The Kier molecular flexibility index (Phi) is 6.16. The zero-order chi connectivity index (χ0) is 20.3. The number of carbonyl (C=O) groups is 3. The monoisotopic (exact) mass is 397 g/mol. The Bertz CT molecular complexity index is 870. The average Bonchev–Trinajstić information content (AvgIpc) is 3.26. The maximum absolute atomic E-state index is 12.9. The summed E-state index contributed by atoms with van der Waals surface area (Å²) in [7, 11) is 0. The first-order valence-electron chi connectivity index (χ1n) is 9.05. The molecule has 0 unspecified atom stereocenters. The molecule has 0 saturated carbocycles. The summed E-state index contributed by atoms with van der Waals surface area (Å²) in [5, 5.41) is 5.85. The third-order valence-electron chi connectivity index (χ3n) is 5.01. The molecule has 2 aromatic rings. The quantitative estimate of drug-likeness (QED) is 0.548. The Balaban J connectivity index is 0.00000109. The molecule has 3 amide bonds. The van der Waals surface area contributed by atoms with E-state index in [4.69, 9.17) is 0 Å². The van der Waals surface area contributed by atoms with Crippen LogP contribution in [0.4, 0.5) is 11.4 Å². The van der Waals surface area contributed by atoms with Crippen LogP contribution >= 0.6 is 12.6 Å². The molecule has 146 valence electrons. The van der Waals surface area contributed by atoms with Gasteiger partial charge in [-0.05, 0) is 37.4 Å². The lowest BCUT2D eigenvalue weighted by molar-refractivity contribution is -0.126. The Labute approximate surface area is 169 Å². The second kappa shape index (κ2) is 8.58. The van der Waals surface area contributed by atoms with E-state index < -0.39 is 17.9 Å². The van der Waals surface area contributed by atoms with Gasteiger partial charge in [-0.2, -0.15) is 12.6 Å². The molecule has 2 aromatic carbocycles. The summed E-state index contributed by atoms with van der Waals surface area (Å²) in [6, 6.07) is 15.6. The minimum Gasteiger partial charge on any atom is -0.325 e. The molecule has 2 aliphatic rings. The average molecular weight is 398 g/mol. The fraction of sp³-hybridized carbons (Fsp3) is 0.286. The third kappa shape index (κ3) is 3.68. The lowest BCUT2D eigenvalue weighted by atomic mass is 9.92. The van der Waals surface area contributed by atoms with Crippen LogP contribution in [0.2, 0.25) is 0 Å². The van der Waals surface area contributed by atoms with Crippen LogP contribution in [0.25, 0.3) is 0 Å². The first-order valence-corrected chi connectivity index (χ1v) is 9.94. The molecule has 3 atom stereocenters. The maximum Gasteiger partial charge on any atom is 0.242 e. The number of nitrogens with one attached hydrogen (secondary N) is 2. The van der Waals surface area contributed by atoms with Crippen LogP contribution in [0.3, 0.4) is 0 Å². The van der Waals surface area contributed by atoms with Gasteiger partial charge in [0.25, 0.3) is 0 Å². The summed E-state index contributed by atoms with van der Waals surface area (Å²) in [5.74, 6) is -2.04. The number of hydrogen-bond donors (Lipinski definition) is 3. The second-order valence-corrected chi connectivity index (χ2v) is 6.72. The molecular formula is C21H23N3O3S. The zero-order valence-corrected chi connectivity index (χ0v) is 16.6. The largest absolute Gasteiger partial charge is 0.325 e. The Hall–Kier alpha value is -2.64. The highest BCUT2D eigenvalue weighted by Crippen LogP contribution is 2.36. The van der Waals surface area contributed by atoms with Crippen molar-refractivity contribution in [3.63, 3.8) is 0 Å². The van der Waals surface area contributed by atoms with Gasteiger partial charge in [0, 0.05) is 12.2 Å². The van der Waals surface area contributed by atoms with Crippen molar-refractivity contribution in [2.75, 3.05) is 23.0 Å². The number of amides is 3. The zero-order valence-electron chi connectivity index (χ0n) is 15.8. The van der Waals surface area contributed by atoms with Gasteiger partial charge >= 0.3 is 0 Å². The molecule has 2 N–H and O–H groups in total. The smallest absolute Gasteiger partial charge is 0.242 e. The van der Waals surface area contributed by atoms with E-state index in [9.17, 15) is 14.4 Å². The molecule has 2 aliphatic heterocycles. The van der Waals surface area contributed by atoms with Crippen molar-refractivity contribution in [3.8, 4) is 0 Å². The van der Waals surface area contributed by atoms with Gasteiger partial charge < -0.3 is 10.6 Å². The van der Waals surface area contributed by atoms with Gasteiger partial charge in [-0.3, -0.25) is 14.4 Å². The van der Waals surface area contributed by atoms with Gasteiger partial charge in [0.15, 0.2) is 0 Å². The minimum atomic E-state index is -0.716. The predicted octanol–water partition coefficient (Wildman–Crippen LogP) is 2.26. The maximum atomic E-state index is 12.9. The molecule has 0 aliphatic carbocycles. The molecule has 28 heavy (non-hydrogen) atoms. The Morgan fingerprint density at radius 3 is 2.32 bits per heavy atom. The number of para-hydroxylation sites is 1. The number of aryl methyl sites for hydroxylation is 1. The lowest BCUT2D eigenvalue weighted by Gasteiger charge is -2.19. The molecule has 4 rings (SSSR count). The van der Waals surface area contributed by atoms with Crippen molar-refractivity contribution < 1.29 is 14.4 Å². The van der Waals surface area contributed by atoms with Gasteiger partial charge in [-0.25, -0.2) is 4.90 Å². The molecule has 7 heteroatoms. The number of fused-ring (bicyclic) bond motifs is 1. The van der Waals surface area contributed by atoms with Gasteiger partial charge in [0.1, 0.15) is 0 Å². The molecule has 0 bridgehead atoms. The number of benzene rings is 2. The summed E-state index contributed by atoms with van der Waals surface area (Å²) in [6.45, 7) is 2.27. The van der Waals surface area contributed by atoms with E-state index in [-0.39, 0.29) is 17.7 Å². The van der Waals surface area contributed by atoms with E-state index in [1.165, 1.54) is 4.90 Å². The van der Waals surface area contributed by atoms with E-state index in [0.29, 0.717) is 17.9 Å². The number of thiol groups is 1. The first kappa shape index (κ1) is 20.1. The lowest BCUT2D eigenvalue weighted by Crippen LogP contribution is -2.45. The highest BCUT2D eigenvalue weighted by Gasteiger charge is 2.56. The van der Waals surface area contributed by atoms with E-state index in [2.05, 4.69) is 23.3 Å². The van der Waals surface area contributed by atoms with Crippen molar-refractivity contribution in [2.45, 2.75) is 13.0 Å². The number of rotatable bonds is 3. The van der Waals surface area contributed by atoms with Crippen LogP contribution in [0.5, 0.6) is 0 Å². The number of hydrogen-bond acceptors (Lipinski definition) is 5. The highest BCUT2D eigenvalue weighted by atomic mass is 32.1. The van der Waals surface area contributed by atoms with Crippen molar-refractivity contribution in [1.82, 2.24) is 5.32 Å². The minimum absolute atomic E-state index is 0.244. The van der Waals surface area contributed by atoms with E-state index in [1.807, 2.05) is 37.3 Å². The van der Waals surface area contributed by atoms with Crippen LogP contribution in [0.15, 0.2) is 54.6 Å². The van der Waals surface area contributed by atoms with Gasteiger partial charge in [-0.15, -0.1) is 0 Å². The van der Waals surface area contributed by atoms with Crippen LogP contribution in [0, 0.1) is 18.8 Å². The predicted molar refractivity (Wildman–Crippen MR) is 112 cm³/mol. The van der Waals surface area contributed by atoms with Gasteiger partial charge in [0.2, 0.25) is 17.7 Å². The molecular weight excluding hydrogens is 374 g/mol. The van der Waals surface area contributed by atoms with Crippen molar-refractivity contribution in [3.05, 3.63) is 60.2 Å². The second-order valence-electron chi connectivity index (χ2n) is 6.72. The molecule has 2 fully saturated rings. The molecule has 0 spiro atoms. The van der Waals surface area contributed by atoms with Gasteiger partial charge in [0.05, 0.1) is 23.6 Å². The summed E-state index contributed by atoms with van der Waals surface area (Å²) >= 11 is 3.53. The summed E-state index contributed by atoms with van der Waals surface area (Å²) in [6.07, 6.45) is 1.69. The van der Waals surface area contributed by atoms with E-state index in [0.717, 1.165) is 5.56 Å². The van der Waals surface area contributed by atoms with Crippen LogP contribution in [0.1, 0.15) is 5.56 Å². The molecule has 2 heterocycles. The highest BCUT2D eigenvalue weighted by molar-refractivity contribution is 7.79. The van der Waals surface area contributed by atoms with Crippen LogP contribution in [-0.4, -0.2) is 36.6 Å². The molecule has 0 radical (unpaired) electrons. The standard InChI is InChI=1S/C20H19N3O3.CH4S/c1-12-7-9-14(10-8-12)23-19(25)15-11-21-17(16(15)20(23)26)18(24)22-13-5-3-2-4-6-13;1-2/h2-10,15-17,21H,11H2,1H3,(H,22,24);2H,1H3/t15-,16-,17-;/m1./s1. The number of carbonyl (C=O) groups excluding carboxylic acids is 3. The summed E-state index contributed by atoms with van der Waals surface area (Å²) in [4.78, 5) is 39.5. The SMILES string of the molecule is CS.Cc1ccc(N2C(=O)[C@@H]3[C@@H](CN[C@H]3C(=O)Nc3ccccc3)C2=O)cc1. The van der Waals surface area contributed by atoms with Crippen LogP contribution < -0.4 is 15.5 Å². The fourth-order valence-corrected chi connectivity index (χ4v) is 3.66. The molecule has 6 nitrogen and oxygen atoms in total. The topological polar surface area (TPSA) is 78.5 Å². The normalized spacial score (nSPS) is 23.1. The van der Waals surface area contributed by atoms with E-state index >= 15 is 0 Å². The summed E-state index contributed by atoms with van der Waals surface area (Å²) in [5.41, 5.74) is 2.27. The fourth-order valence-electron chi connectivity index (χ4n) is 3.66. The van der Waals surface area contributed by atoms with Crippen molar-refractivity contribution in [1.29, 1.82) is 0 Å².